The number of Topliss-reactive ketones (excluding diaryl/α,β-unsaturated/α-hetero) is 2. The minimum Gasteiger partial charge on any atom is -0.497 e. The molecule has 2 bridgehead atoms. The predicted molar refractivity (Wildman–Crippen MR) is 105 cm³/mol. The third-order valence-electron chi connectivity index (χ3n) is 7.91. The highest BCUT2D eigenvalue weighted by Crippen LogP contribution is 2.69. The Hall–Kier alpha value is -2.37. The Kier molecular flexibility index (Phi) is 4.11. The highest BCUT2D eigenvalue weighted by molar-refractivity contribution is 6.48. The number of benzene rings is 1. The Morgan fingerprint density at radius 2 is 1.54 bits per heavy atom. The fourth-order valence-corrected chi connectivity index (χ4v) is 5.47. The topological polar surface area (TPSA) is 66.9 Å². The summed E-state index contributed by atoms with van der Waals surface area (Å²) in [5.74, 6) is -0.151. The summed E-state index contributed by atoms with van der Waals surface area (Å²) in [6, 6.07) is 7.88. The van der Waals surface area contributed by atoms with Gasteiger partial charge in [0.2, 0.25) is 17.5 Å². The summed E-state index contributed by atoms with van der Waals surface area (Å²) in [6.45, 7) is 8.23. The van der Waals surface area contributed by atoms with Gasteiger partial charge in [0.05, 0.1) is 7.11 Å². The van der Waals surface area contributed by atoms with E-state index >= 15 is 0 Å². The molecule has 2 saturated carbocycles. The first kappa shape index (κ1) is 19.0. The maximum absolute atomic E-state index is 13.5. The Labute approximate surface area is 165 Å². The summed E-state index contributed by atoms with van der Waals surface area (Å²) in [7, 11) is 1.64. The molecule has 0 radical (unpaired) electrons. The molecule has 1 aromatic rings. The van der Waals surface area contributed by atoms with Crippen molar-refractivity contribution in [1.82, 2.24) is 4.90 Å². The summed E-state index contributed by atoms with van der Waals surface area (Å²) in [5.41, 5.74) is -1.45. The molecule has 6 nitrogen and oxygen atoms in total. The number of ketones is 2. The number of rotatable bonds is 3. The molecule has 4 rings (SSSR count). The van der Waals surface area contributed by atoms with Crippen LogP contribution in [0.3, 0.4) is 0 Å². The third-order valence-corrected chi connectivity index (χ3v) is 7.91. The molecule has 0 N–H and O–H groups in total. The lowest BCUT2D eigenvalue weighted by atomic mass is 9.64. The number of ether oxygens (including phenoxy) is 1. The summed E-state index contributed by atoms with van der Waals surface area (Å²) >= 11 is 0. The molecular formula is C22H28N2O4. The van der Waals surface area contributed by atoms with Crippen LogP contribution in [0.5, 0.6) is 5.75 Å². The third kappa shape index (κ3) is 2.17. The molecule has 150 valence electrons. The van der Waals surface area contributed by atoms with Crippen molar-refractivity contribution in [2.45, 2.75) is 33.6 Å². The first-order chi connectivity index (χ1) is 13.2. The van der Waals surface area contributed by atoms with Gasteiger partial charge in [-0.3, -0.25) is 14.4 Å². The number of carbonyl (C=O) groups excluding carboxylic acids is 3. The van der Waals surface area contributed by atoms with Crippen molar-refractivity contribution in [1.29, 1.82) is 0 Å². The van der Waals surface area contributed by atoms with Crippen LogP contribution in [0, 0.1) is 16.2 Å². The quantitative estimate of drug-likeness (QED) is 0.591. The van der Waals surface area contributed by atoms with Crippen LogP contribution < -0.4 is 9.64 Å². The van der Waals surface area contributed by atoms with Gasteiger partial charge in [0, 0.05) is 37.3 Å². The van der Waals surface area contributed by atoms with Gasteiger partial charge < -0.3 is 14.5 Å². The first-order valence-corrected chi connectivity index (χ1v) is 9.97. The lowest BCUT2D eigenvalue weighted by Gasteiger charge is -2.43. The minimum atomic E-state index is -1.18. The predicted octanol–water partition coefficient (Wildman–Crippen LogP) is 2.31. The van der Waals surface area contributed by atoms with Crippen molar-refractivity contribution in [2.75, 3.05) is 38.2 Å². The normalized spacial score (nSPS) is 31.4. The van der Waals surface area contributed by atoms with E-state index in [9.17, 15) is 14.4 Å². The zero-order valence-corrected chi connectivity index (χ0v) is 17.1. The number of carbonyl (C=O) groups is 3. The SMILES string of the molecule is COc1ccc(N2CCN(C(=O)[C@@]34CC[C@@](C)(C(=O)C3=O)C4(C)C)CC2)cc1. The molecule has 2 atom stereocenters. The maximum atomic E-state index is 13.5. The first-order valence-electron chi connectivity index (χ1n) is 9.97. The smallest absolute Gasteiger partial charge is 0.237 e. The van der Waals surface area contributed by atoms with E-state index in [1.807, 2.05) is 45.0 Å². The Morgan fingerprint density at radius 3 is 2.04 bits per heavy atom. The van der Waals surface area contributed by atoms with Crippen LogP contribution in [0.1, 0.15) is 33.6 Å². The van der Waals surface area contributed by atoms with E-state index < -0.39 is 22.0 Å². The largest absolute Gasteiger partial charge is 0.497 e. The molecule has 0 unspecified atom stereocenters. The molecule has 1 saturated heterocycles. The fourth-order valence-electron chi connectivity index (χ4n) is 5.47. The van der Waals surface area contributed by atoms with Gasteiger partial charge in [-0.15, -0.1) is 0 Å². The van der Waals surface area contributed by atoms with Gasteiger partial charge in [0.25, 0.3) is 0 Å². The maximum Gasteiger partial charge on any atom is 0.237 e. The van der Waals surface area contributed by atoms with Crippen molar-refractivity contribution in [2.24, 2.45) is 16.2 Å². The summed E-state index contributed by atoms with van der Waals surface area (Å²) in [4.78, 5) is 43.1. The van der Waals surface area contributed by atoms with Gasteiger partial charge in [-0.25, -0.2) is 0 Å². The Bertz CT molecular complexity index is 839. The van der Waals surface area contributed by atoms with Gasteiger partial charge in [0.15, 0.2) is 0 Å². The van der Waals surface area contributed by atoms with E-state index in [1.165, 1.54) is 0 Å². The fraction of sp³-hybridized carbons (Fsp3) is 0.591. The van der Waals surface area contributed by atoms with Crippen LogP contribution in [-0.2, 0) is 14.4 Å². The zero-order valence-electron chi connectivity index (χ0n) is 17.1. The number of piperazine rings is 1. The van der Waals surface area contributed by atoms with Gasteiger partial charge in [-0.2, -0.15) is 0 Å². The Morgan fingerprint density at radius 1 is 0.929 bits per heavy atom. The minimum absolute atomic E-state index is 0.147. The second-order valence-electron chi connectivity index (χ2n) is 9.00. The number of hydrogen-bond acceptors (Lipinski definition) is 5. The van der Waals surface area contributed by atoms with Gasteiger partial charge in [-0.1, -0.05) is 20.8 Å². The molecule has 0 spiro atoms. The van der Waals surface area contributed by atoms with E-state index in [2.05, 4.69) is 4.90 Å². The van der Waals surface area contributed by atoms with E-state index in [-0.39, 0.29) is 11.7 Å². The average molecular weight is 384 g/mol. The molecular weight excluding hydrogens is 356 g/mol. The second kappa shape index (κ2) is 6.06. The van der Waals surface area contributed by atoms with E-state index in [0.29, 0.717) is 39.0 Å². The average Bonchev–Trinajstić information content (AvgIpc) is 2.99. The van der Waals surface area contributed by atoms with Gasteiger partial charge >= 0.3 is 0 Å². The number of fused-ring (bicyclic) bond motifs is 2. The van der Waals surface area contributed by atoms with E-state index in [4.69, 9.17) is 4.74 Å². The number of anilines is 1. The van der Waals surface area contributed by atoms with Gasteiger partial charge in [0.1, 0.15) is 11.2 Å². The van der Waals surface area contributed by atoms with Crippen LogP contribution >= 0.6 is 0 Å². The molecule has 6 heteroatoms. The van der Waals surface area contributed by atoms with Crippen LogP contribution in [0.4, 0.5) is 5.69 Å². The van der Waals surface area contributed by atoms with Crippen LogP contribution in [0.25, 0.3) is 0 Å². The lowest BCUT2D eigenvalue weighted by molar-refractivity contribution is -0.155. The number of amides is 1. The van der Waals surface area contributed by atoms with E-state index in [0.717, 1.165) is 11.4 Å². The van der Waals surface area contributed by atoms with E-state index in [1.54, 1.807) is 12.0 Å². The van der Waals surface area contributed by atoms with Gasteiger partial charge in [-0.05, 0) is 42.5 Å². The summed E-state index contributed by atoms with van der Waals surface area (Å²) in [5, 5.41) is 0. The van der Waals surface area contributed by atoms with Crippen molar-refractivity contribution >= 4 is 23.2 Å². The van der Waals surface area contributed by atoms with Crippen molar-refractivity contribution in [3.63, 3.8) is 0 Å². The summed E-state index contributed by atoms with van der Waals surface area (Å²) in [6.07, 6.45) is 1.10. The molecule has 1 heterocycles. The molecule has 1 aromatic carbocycles. The van der Waals surface area contributed by atoms with Crippen molar-refractivity contribution in [3.8, 4) is 5.75 Å². The second-order valence-corrected chi connectivity index (χ2v) is 9.00. The molecule has 1 amide bonds. The van der Waals surface area contributed by atoms with Crippen LogP contribution in [0.15, 0.2) is 24.3 Å². The standard InChI is InChI=1S/C22H28N2O4/c1-20(2)21(3)9-10-22(20,18(26)17(21)25)19(27)24-13-11-23(12-14-24)15-5-7-16(28-4)8-6-15/h5-8H,9-14H2,1-4H3/t21-,22+/m0/s1. The number of methoxy groups -OCH3 is 1. The molecule has 3 fully saturated rings. The van der Waals surface area contributed by atoms with Crippen LogP contribution in [-0.4, -0.2) is 55.7 Å². The molecule has 0 aromatic heterocycles. The van der Waals surface area contributed by atoms with Crippen LogP contribution in [0.2, 0.25) is 0 Å². The number of nitrogens with zero attached hydrogens (tertiary/aromatic N) is 2. The Balaban J connectivity index is 1.51. The highest BCUT2D eigenvalue weighted by atomic mass is 16.5. The van der Waals surface area contributed by atoms with Crippen molar-refractivity contribution < 1.29 is 19.1 Å². The monoisotopic (exact) mass is 384 g/mol. The summed E-state index contributed by atoms with van der Waals surface area (Å²) < 4.78 is 5.20. The molecule has 2 aliphatic carbocycles. The zero-order chi connectivity index (χ0) is 20.3. The number of hydrogen-bond donors (Lipinski definition) is 0. The van der Waals surface area contributed by atoms with Crippen molar-refractivity contribution in [3.05, 3.63) is 24.3 Å². The lowest BCUT2D eigenvalue weighted by Crippen LogP contribution is -2.57. The highest BCUT2D eigenvalue weighted by Gasteiger charge is 2.78. The molecule has 3 aliphatic rings. The molecule has 28 heavy (non-hydrogen) atoms. The molecule has 1 aliphatic heterocycles.